The first-order valence-corrected chi connectivity index (χ1v) is 8.38. The molecule has 0 aliphatic rings. The topological polar surface area (TPSA) is 72.5 Å². The highest BCUT2D eigenvalue weighted by molar-refractivity contribution is 7.14. The molecule has 1 aromatic heterocycles. The fourth-order valence-electron chi connectivity index (χ4n) is 2.21. The highest BCUT2D eigenvalue weighted by Gasteiger charge is 2.09. The van der Waals surface area contributed by atoms with Crippen LogP contribution in [0.3, 0.4) is 0 Å². The van der Waals surface area contributed by atoms with Crippen molar-refractivity contribution in [1.29, 1.82) is 0 Å². The zero-order chi connectivity index (χ0) is 17.6. The van der Waals surface area contributed by atoms with Gasteiger partial charge < -0.3 is 14.8 Å². The molecule has 0 radical (unpaired) electrons. The Morgan fingerprint density at radius 2 is 1.72 bits per heavy atom. The third kappa shape index (κ3) is 4.27. The van der Waals surface area contributed by atoms with Crippen LogP contribution >= 0.6 is 11.3 Å². The second-order valence-electron chi connectivity index (χ2n) is 5.08. The molecule has 1 heterocycles. The highest BCUT2D eigenvalue weighted by atomic mass is 32.1. The summed E-state index contributed by atoms with van der Waals surface area (Å²) in [4.78, 5) is 16.5. The lowest BCUT2D eigenvalue weighted by Gasteiger charge is -2.07. The van der Waals surface area contributed by atoms with Crippen LogP contribution in [0.2, 0.25) is 0 Å². The van der Waals surface area contributed by atoms with Gasteiger partial charge in [-0.3, -0.25) is 5.32 Å². The molecule has 0 fully saturated rings. The van der Waals surface area contributed by atoms with Crippen molar-refractivity contribution in [2.75, 3.05) is 24.9 Å². The Morgan fingerprint density at radius 1 is 1.00 bits per heavy atom. The van der Waals surface area contributed by atoms with Gasteiger partial charge in [0.2, 0.25) is 0 Å². The molecule has 2 aromatic carbocycles. The van der Waals surface area contributed by atoms with Crippen LogP contribution in [-0.4, -0.2) is 25.2 Å². The molecule has 0 atom stereocenters. The summed E-state index contributed by atoms with van der Waals surface area (Å²) in [6, 6.07) is 14.4. The third-order valence-electron chi connectivity index (χ3n) is 3.42. The molecule has 0 saturated carbocycles. The Bertz CT molecular complexity index is 879. The molecule has 7 heteroatoms. The summed E-state index contributed by atoms with van der Waals surface area (Å²) in [7, 11) is 3.20. The van der Waals surface area contributed by atoms with Crippen molar-refractivity contribution >= 4 is 28.2 Å². The lowest BCUT2D eigenvalue weighted by Crippen LogP contribution is -2.19. The zero-order valence-electron chi connectivity index (χ0n) is 13.8. The Kier molecular flexibility index (Phi) is 5.15. The van der Waals surface area contributed by atoms with Crippen LogP contribution in [0.1, 0.15) is 0 Å². The lowest BCUT2D eigenvalue weighted by molar-refractivity contribution is 0.262. The predicted molar refractivity (Wildman–Crippen MR) is 99.7 cm³/mol. The molecule has 6 nitrogen and oxygen atoms in total. The fourth-order valence-corrected chi connectivity index (χ4v) is 2.92. The fraction of sp³-hybridized carbons (Fsp3) is 0.111. The monoisotopic (exact) mass is 355 g/mol. The van der Waals surface area contributed by atoms with E-state index in [0.29, 0.717) is 16.6 Å². The number of hydrogen-bond donors (Lipinski definition) is 2. The van der Waals surface area contributed by atoms with E-state index in [1.165, 1.54) is 11.3 Å². The van der Waals surface area contributed by atoms with Crippen molar-refractivity contribution in [3.05, 3.63) is 53.9 Å². The van der Waals surface area contributed by atoms with Gasteiger partial charge in [0, 0.05) is 22.7 Å². The van der Waals surface area contributed by atoms with Crippen molar-refractivity contribution in [1.82, 2.24) is 4.98 Å². The molecule has 3 rings (SSSR count). The third-order valence-corrected chi connectivity index (χ3v) is 4.18. The van der Waals surface area contributed by atoms with Crippen molar-refractivity contribution in [3.8, 4) is 22.8 Å². The van der Waals surface area contributed by atoms with E-state index in [0.717, 1.165) is 17.0 Å². The summed E-state index contributed by atoms with van der Waals surface area (Å²) in [6.07, 6.45) is 0. The summed E-state index contributed by atoms with van der Waals surface area (Å²) in [5, 5.41) is 7.88. The molecule has 0 spiro atoms. The summed E-state index contributed by atoms with van der Waals surface area (Å²) in [5.41, 5.74) is 2.35. The van der Waals surface area contributed by atoms with Crippen LogP contribution in [-0.2, 0) is 0 Å². The van der Waals surface area contributed by atoms with Gasteiger partial charge in [0.25, 0.3) is 0 Å². The van der Waals surface area contributed by atoms with Crippen LogP contribution < -0.4 is 20.1 Å². The van der Waals surface area contributed by atoms with E-state index in [4.69, 9.17) is 9.47 Å². The van der Waals surface area contributed by atoms with E-state index < -0.39 is 0 Å². The number of ether oxygens (including phenoxy) is 2. The molecular formula is C18H17N3O3S. The van der Waals surface area contributed by atoms with Gasteiger partial charge >= 0.3 is 6.03 Å². The molecule has 128 valence electrons. The van der Waals surface area contributed by atoms with Gasteiger partial charge in [-0.2, -0.15) is 0 Å². The number of amides is 2. The predicted octanol–water partition coefficient (Wildman–Crippen LogP) is 4.47. The quantitative estimate of drug-likeness (QED) is 0.708. The molecule has 0 bridgehead atoms. The van der Waals surface area contributed by atoms with Gasteiger partial charge in [-0.25, -0.2) is 9.78 Å². The number of aromatic nitrogens is 1. The van der Waals surface area contributed by atoms with Crippen LogP contribution in [0.4, 0.5) is 15.6 Å². The van der Waals surface area contributed by atoms with Crippen molar-refractivity contribution in [2.45, 2.75) is 0 Å². The first-order chi connectivity index (χ1) is 12.2. The van der Waals surface area contributed by atoms with Crippen LogP contribution in [0.5, 0.6) is 11.5 Å². The van der Waals surface area contributed by atoms with Crippen molar-refractivity contribution < 1.29 is 14.3 Å². The maximum absolute atomic E-state index is 12.1. The van der Waals surface area contributed by atoms with E-state index in [9.17, 15) is 4.79 Å². The largest absolute Gasteiger partial charge is 0.497 e. The summed E-state index contributed by atoms with van der Waals surface area (Å²) >= 11 is 1.36. The van der Waals surface area contributed by atoms with E-state index in [2.05, 4.69) is 15.6 Å². The minimum absolute atomic E-state index is 0.361. The lowest BCUT2D eigenvalue weighted by atomic mass is 10.2. The number of hydrogen-bond acceptors (Lipinski definition) is 5. The van der Waals surface area contributed by atoms with Crippen LogP contribution in [0.25, 0.3) is 11.3 Å². The van der Waals surface area contributed by atoms with Crippen molar-refractivity contribution in [2.24, 2.45) is 0 Å². The van der Waals surface area contributed by atoms with Gasteiger partial charge in [-0.1, -0.05) is 18.2 Å². The van der Waals surface area contributed by atoms with Crippen LogP contribution in [0, 0.1) is 0 Å². The summed E-state index contributed by atoms with van der Waals surface area (Å²) < 4.78 is 10.4. The van der Waals surface area contributed by atoms with Crippen molar-refractivity contribution in [3.63, 3.8) is 0 Å². The van der Waals surface area contributed by atoms with Gasteiger partial charge in [0.05, 0.1) is 19.9 Å². The molecular weight excluding hydrogens is 338 g/mol. The SMILES string of the molecule is COc1cccc(NC(=O)Nc2nc(-c3cccc(OC)c3)cs2)c1. The number of anilines is 2. The average molecular weight is 355 g/mol. The molecule has 0 aliphatic heterocycles. The molecule has 0 saturated heterocycles. The second-order valence-corrected chi connectivity index (χ2v) is 5.94. The standard InChI is InChI=1S/C18H17N3O3S/c1-23-14-7-3-5-12(9-14)16-11-25-18(20-16)21-17(22)19-13-6-4-8-15(10-13)24-2/h3-11H,1-2H3,(H2,19,20,21,22). The van der Waals surface area contributed by atoms with E-state index in [-0.39, 0.29) is 6.03 Å². The Labute approximate surface area is 149 Å². The molecule has 0 aliphatic carbocycles. The number of nitrogens with zero attached hydrogens (tertiary/aromatic N) is 1. The number of rotatable bonds is 5. The zero-order valence-corrected chi connectivity index (χ0v) is 14.6. The number of nitrogens with one attached hydrogen (secondary N) is 2. The van der Waals surface area contributed by atoms with E-state index in [1.54, 1.807) is 32.4 Å². The number of carbonyl (C=O) groups is 1. The molecule has 2 N–H and O–H groups in total. The first-order valence-electron chi connectivity index (χ1n) is 7.50. The van der Waals surface area contributed by atoms with Gasteiger partial charge in [-0.05, 0) is 24.3 Å². The number of carbonyl (C=O) groups excluding carboxylic acids is 1. The summed E-state index contributed by atoms with van der Waals surface area (Å²) in [5.74, 6) is 1.43. The minimum atomic E-state index is -0.361. The van der Waals surface area contributed by atoms with Crippen LogP contribution in [0.15, 0.2) is 53.9 Å². The van der Waals surface area contributed by atoms with Gasteiger partial charge in [0.1, 0.15) is 11.5 Å². The molecule has 0 unspecified atom stereocenters. The van der Waals surface area contributed by atoms with Gasteiger partial charge in [0.15, 0.2) is 5.13 Å². The summed E-state index contributed by atoms with van der Waals surface area (Å²) in [6.45, 7) is 0. The Balaban J connectivity index is 1.67. The van der Waals surface area contributed by atoms with Gasteiger partial charge in [-0.15, -0.1) is 11.3 Å². The van der Waals surface area contributed by atoms with E-state index in [1.807, 2.05) is 35.7 Å². The number of urea groups is 1. The number of benzene rings is 2. The number of thiazole rings is 1. The van der Waals surface area contributed by atoms with E-state index >= 15 is 0 Å². The smallest absolute Gasteiger partial charge is 0.325 e. The maximum Gasteiger partial charge on any atom is 0.325 e. The average Bonchev–Trinajstić information content (AvgIpc) is 3.10. The minimum Gasteiger partial charge on any atom is -0.497 e. The highest BCUT2D eigenvalue weighted by Crippen LogP contribution is 2.27. The second kappa shape index (κ2) is 7.67. The Morgan fingerprint density at radius 3 is 2.48 bits per heavy atom. The molecule has 25 heavy (non-hydrogen) atoms. The normalized spacial score (nSPS) is 10.2. The maximum atomic E-state index is 12.1. The number of methoxy groups -OCH3 is 2. The Hall–Kier alpha value is -3.06. The molecule has 3 aromatic rings. The first kappa shape index (κ1) is 16.8. The molecule has 2 amide bonds.